The Labute approximate surface area is 131 Å². The maximum Gasteiger partial charge on any atom is 2.00 e. The van der Waals surface area contributed by atoms with Gasteiger partial charge >= 0.3 is 23.1 Å². The van der Waals surface area contributed by atoms with Gasteiger partial charge in [0, 0.05) is 0 Å². The Balaban J connectivity index is -0.000000198. The average Bonchev–Trinajstić information content (AvgIpc) is 2.15. The molecule has 100 valence electrons. The molecule has 4 nitrogen and oxygen atoms in total. The van der Waals surface area contributed by atoms with Crippen molar-refractivity contribution in [2.45, 2.75) is 12.0 Å². The molecule has 0 aliphatic carbocycles. The van der Waals surface area contributed by atoms with E-state index in [9.17, 15) is 9.90 Å². The third-order valence-corrected chi connectivity index (χ3v) is 1.79. The quantitative estimate of drug-likeness (QED) is 0.348. The summed E-state index contributed by atoms with van der Waals surface area (Å²) in [7, 11) is 0. The fourth-order valence-corrected chi connectivity index (χ4v) is 0.910. The van der Waals surface area contributed by atoms with Crippen LogP contribution in [0.5, 0.6) is 0 Å². The molecule has 0 radical (unpaired) electrons. The minimum atomic E-state index is -0.568. The van der Waals surface area contributed by atoms with Gasteiger partial charge in [-0.05, 0) is 6.42 Å². The van der Waals surface area contributed by atoms with Crippen LogP contribution in [0.2, 0.25) is 0 Å². The predicted molar refractivity (Wildman–Crippen MR) is 67.7 cm³/mol. The number of ether oxygens (including phenoxy) is 2. The summed E-state index contributed by atoms with van der Waals surface area (Å²) in [6.45, 7) is 11.6. The van der Waals surface area contributed by atoms with Crippen LogP contribution < -0.4 is 12.4 Å². The van der Waals surface area contributed by atoms with Crippen molar-refractivity contribution in [3.63, 3.8) is 0 Å². The van der Waals surface area contributed by atoms with E-state index in [1.807, 2.05) is 0 Å². The Hall–Kier alpha value is -0.0438. The fourth-order valence-electron chi connectivity index (χ4n) is 0.910. The minimum Gasteiger partial charge on any atom is -1.00 e. The molecular weight excluding hydrogens is 268 g/mol. The summed E-state index contributed by atoms with van der Waals surface area (Å²) in [6, 6.07) is 0. The van der Waals surface area contributed by atoms with E-state index in [0.29, 0.717) is 32.8 Å². The molecular formula is C12H19ClMgO4. The molecule has 0 amide bonds. The van der Waals surface area contributed by atoms with E-state index in [1.165, 1.54) is 6.08 Å². The number of halogens is 1. The van der Waals surface area contributed by atoms with Crippen LogP contribution in [-0.4, -0.2) is 66.0 Å². The molecule has 0 spiro atoms. The van der Waals surface area contributed by atoms with Gasteiger partial charge in [-0.1, -0.05) is 6.08 Å². The second-order valence-corrected chi connectivity index (χ2v) is 3.53. The van der Waals surface area contributed by atoms with E-state index in [-0.39, 0.29) is 41.2 Å². The van der Waals surface area contributed by atoms with E-state index < -0.39 is 5.60 Å². The molecule has 1 N–H and O–H groups in total. The second-order valence-electron chi connectivity index (χ2n) is 3.53. The van der Waals surface area contributed by atoms with Gasteiger partial charge in [-0.25, -0.2) is 19.6 Å². The molecule has 0 aromatic rings. The fraction of sp³-hybridized carbons (Fsp3) is 0.500. The minimum absolute atomic E-state index is 0. The van der Waals surface area contributed by atoms with E-state index >= 15 is 0 Å². The average molecular weight is 287 g/mol. The first-order chi connectivity index (χ1) is 7.58. The van der Waals surface area contributed by atoms with Crippen molar-refractivity contribution in [3.05, 3.63) is 32.2 Å². The Bertz CT molecular complexity index is 236. The van der Waals surface area contributed by atoms with Crippen molar-refractivity contribution in [2.24, 2.45) is 0 Å². The molecule has 0 aromatic carbocycles. The van der Waals surface area contributed by atoms with Crippen LogP contribution in [0.15, 0.2) is 25.3 Å². The summed E-state index contributed by atoms with van der Waals surface area (Å²) in [6.07, 6.45) is 3.86. The molecule has 0 bridgehead atoms. The summed E-state index contributed by atoms with van der Waals surface area (Å²) < 4.78 is 9.28. The van der Waals surface area contributed by atoms with Crippen LogP contribution in [0.25, 0.3) is 0 Å². The monoisotopic (exact) mass is 286 g/mol. The molecule has 6 heteroatoms. The van der Waals surface area contributed by atoms with Crippen LogP contribution >= 0.6 is 0 Å². The summed E-state index contributed by atoms with van der Waals surface area (Å²) >= 11 is 0. The standard InChI is InChI=1S/C6H10O2.C3H4O2.C3H5.ClH.Mg/c1-2-3-6(7)4-8-5-6;4-3-1-5-2-3;1-3-2;;/h2,7H,1,3-5H2;1-2H2;3H,1-2H2;1H;/q;;-1;;+2/p-1. The third kappa shape index (κ3) is 11.1. The van der Waals surface area contributed by atoms with Crippen molar-refractivity contribution in [3.8, 4) is 0 Å². The maximum atomic E-state index is 9.77. The number of aliphatic hydroxyl groups is 1. The van der Waals surface area contributed by atoms with Gasteiger partial charge in [0.15, 0.2) is 5.78 Å². The smallest absolute Gasteiger partial charge is 1.00 e. The number of carbonyl (C=O) groups is 1. The molecule has 0 aromatic heterocycles. The van der Waals surface area contributed by atoms with Gasteiger partial charge in [-0.15, -0.1) is 6.58 Å². The first-order valence-electron chi connectivity index (χ1n) is 4.98. The van der Waals surface area contributed by atoms with Crippen molar-refractivity contribution >= 4 is 28.8 Å². The van der Waals surface area contributed by atoms with Crippen LogP contribution in [-0.2, 0) is 14.3 Å². The summed E-state index contributed by atoms with van der Waals surface area (Å²) in [4.78, 5) is 9.77. The van der Waals surface area contributed by atoms with Gasteiger partial charge in [0.2, 0.25) is 0 Å². The van der Waals surface area contributed by atoms with Gasteiger partial charge in [0.25, 0.3) is 0 Å². The van der Waals surface area contributed by atoms with E-state index in [2.05, 4.69) is 24.8 Å². The molecule has 2 saturated heterocycles. The number of rotatable bonds is 2. The first kappa shape index (κ1) is 23.1. The summed E-state index contributed by atoms with van der Waals surface area (Å²) in [5, 5.41) is 9.21. The zero-order valence-corrected chi connectivity index (χ0v) is 12.7. The molecule has 2 rings (SSSR count). The molecule has 18 heavy (non-hydrogen) atoms. The predicted octanol–water partition coefficient (Wildman–Crippen LogP) is -2.46. The number of allylic oxidation sites excluding steroid dienone is 1. The SMILES string of the molecule is C=CCC1(O)COC1.C=C[CH2-].O=C1COC1.[Cl-].[Mg+2]. The Morgan fingerprint density at radius 2 is 1.72 bits per heavy atom. The molecule has 0 saturated carbocycles. The van der Waals surface area contributed by atoms with Crippen LogP contribution in [0.1, 0.15) is 6.42 Å². The number of carbonyl (C=O) groups excluding carboxylic acids is 1. The van der Waals surface area contributed by atoms with Crippen molar-refractivity contribution in [1.82, 2.24) is 0 Å². The van der Waals surface area contributed by atoms with Crippen molar-refractivity contribution < 1.29 is 31.8 Å². The van der Waals surface area contributed by atoms with Crippen LogP contribution in [0, 0.1) is 6.92 Å². The zero-order chi connectivity index (χ0) is 12.4. The summed E-state index contributed by atoms with van der Waals surface area (Å²) in [5.74, 6) is 0.213. The normalized spacial score (nSPS) is 17.5. The number of hydrogen-bond acceptors (Lipinski definition) is 4. The molecule has 2 aliphatic rings. The van der Waals surface area contributed by atoms with E-state index in [4.69, 9.17) is 4.74 Å². The Morgan fingerprint density at radius 1 is 1.33 bits per heavy atom. The summed E-state index contributed by atoms with van der Waals surface area (Å²) in [5.41, 5.74) is -0.568. The first-order valence-corrected chi connectivity index (χ1v) is 4.98. The van der Waals surface area contributed by atoms with Crippen LogP contribution in [0.3, 0.4) is 0 Å². The Morgan fingerprint density at radius 3 is 1.78 bits per heavy atom. The second kappa shape index (κ2) is 13.4. The third-order valence-electron chi connectivity index (χ3n) is 1.79. The Kier molecular flexibility index (Phi) is 17.2. The zero-order valence-electron chi connectivity index (χ0n) is 10.6. The van der Waals surface area contributed by atoms with Crippen molar-refractivity contribution in [1.29, 1.82) is 0 Å². The largest absolute Gasteiger partial charge is 2.00 e. The number of ketones is 1. The van der Waals surface area contributed by atoms with E-state index in [0.717, 1.165) is 0 Å². The molecule has 2 aliphatic heterocycles. The number of Topliss-reactive ketones (excluding diaryl/α,β-unsaturated/α-hetero) is 1. The van der Waals surface area contributed by atoms with Gasteiger partial charge < -0.3 is 27.0 Å². The molecule has 0 unspecified atom stereocenters. The van der Waals surface area contributed by atoms with Gasteiger partial charge in [-0.2, -0.15) is 0 Å². The van der Waals surface area contributed by atoms with Gasteiger partial charge in [-0.3, -0.25) is 4.79 Å². The van der Waals surface area contributed by atoms with Gasteiger partial charge in [0.1, 0.15) is 18.8 Å². The molecule has 0 atom stereocenters. The maximum absolute atomic E-state index is 9.77. The molecule has 2 fully saturated rings. The van der Waals surface area contributed by atoms with Gasteiger partial charge in [0.05, 0.1) is 13.2 Å². The molecule has 2 heterocycles. The van der Waals surface area contributed by atoms with Crippen LogP contribution in [0.4, 0.5) is 0 Å². The van der Waals surface area contributed by atoms with Crippen molar-refractivity contribution in [2.75, 3.05) is 26.4 Å². The van der Waals surface area contributed by atoms with E-state index in [1.54, 1.807) is 6.08 Å². The number of hydrogen-bond donors (Lipinski definition) is 1. The topological polar surface area (TPSA) is 55.8 Å².